The molecule has 0 spiro atoms. The van der Waals surface area contributed by atoms with E-state index < -0.39 is 0 Å². The molecule has 0 heterocycles. The molecule has 2 rings (SSSR count). The SMILES string of the molecule is C#CCOc1ccc(N=C(SC)C(SC)c2ccccc2)cc1. The van der Waals surface area contributed by atoms with E-state index in [9.17, 15) is 0 Å². The van der Waals surface area contributed by atoms with Gasteiger partial charge in [0.2, 0.25) is 0 Å². The van der Waals surface area contributed by atoms with E-state index in [1.807, 2.05) is 30.3 Å². The smallest absolute Gasteiger partial charge is 0.148 e. The number of terminal acetylenes is 1. The third-order valence-corrected chi connectivity index (χ3v) is 5.03. The minimum Gasteiger partial charge on any atom is -0.481 e. The Kier molecular flexibility index (Phi) is 7.12. The maximum atomic E-state index is 5.39. The summed E-state index contributed by atoms with van der Waals surface area (Å²) in [6, 6.07) is 18.1. The molecule has 0 N–H and O–H groups in total. The first-order valence-corrected chi connectivity index (χ1v) is 9.66. The molecule has 0 aliphatic carbocycles. The first-order chi connectivity index (χ1) is 11.3. The van der Waals surface area contributed by atoms with E-state index in [2.05, 4.69) is 42.7 Å². The molecule has 0 aliphatic heterocycles. The highest BCUT2D eigenvalue weighted by Gasteiger charge is 2.16. The summed E-state index contributed by atoms with van der Waals surface area (Å²) in [4.78, 5) is 4.81. The Balaban J connectivity index is 2.22. The molecule has 2 aromatic rings. The zero-order valence-corrected chi connectivity index (χ0v) is 14.9. The standard InChI is InChI=1S/C19H19NOS2/c1-4-14-21-17-12-10-16(11-13-17)20-19(23-3)18(22-2)15-8-6-5-7-9-15/h1,5-13,18H,14H2,2-3H3. The van der Waals surface area contributed by atoms with Gasteiger partial charge in [-0.15, -0.1) is 18.2 Å². The van der Waals surface area contributed by atoms with Crippen molar-refractivity contribution in [1.29, 1.82) is 0 Å². The van der Waals surface area contributed by atoms with Gasteiger partial charge in [-0.3, -0.25) is 0 Å². The number of aliphatic imine (C=N–C) groups is 1. The van der Waals surface area contributed by atoms with Crippen LogP contribution in [0.25, 0.3) is 0 Å². The van der Waals surface area contributed by atoms with Gasteiger partial charge in [-0.05, 0) is 42.3 Å². The largest absolute Gasteiger partial charge is 0.481 e. The molecule has 0 saturated heterocycles. The summed E-state index contributed by atoms with van der Waals surface area (Å²) in [6.45, 7) is 0.279. The maximum Gasteiger partial charge on any atom is 0.148 e. The molecule has 0 radical (unpaired) electrons. The van der Waals surface area contributed by atoms with Crippen LogP contribution in [-0.4, -0.2) is 24.2 Å². The van der Waals surface area contributed by atoms with E-state index in [-0.39, 0.29) is 11.9 Å². The number of rotatable bonds is 6. The normalized spacial score (nSPS) is 12.5. The fraction of sp³-hybridized carbons (Fsp3) is 0.211. The molecule has 23 heavy (non-hydrogen) atoms. The van der Waals surface area contributed by atoms with Gasteiger partial charge in [0, 0.05) is 0 Å². The van der Waals surface area contributed by atoms with Crippen LogP contribution in [0.5, 0.6) is 5.75 Å². The van der Waals surface area contributed by atoms with Crippen molar-refractivity contribution in [3.63, 3.8) is 0 Å². The van der Waals surface area contributed by atoms with Crippen molar-refractivity contribution in [3.05, 3.63) is 60.2 Å². The lowest BCUT2D eigenvalue weighted by molar-refractivity contribution is 0.370. The molecule has 0 bridgehead atoms. The van der Waals surface area contributed by atoms with Gasteiger partial charge in [-0.25, -0.2) is 4.99 Å². The van der Waals surface area contributed by atoms with Gasteiger partial charge in [0.05, 0.1) is 16.0 Å². The summed E-state index contributed by atoms with van der Waals surface area (Å²) < 4.78 is 5.39. The second kappa shape index (κ2) is 9.34. The van der Waals surface area contributed by atoms with Gasteiger partial charge in [0.25, 0.3) is 0 Å². The van der Waals surface area contributed by atoms with Gasteiger partial charge in [-0.1, -0.05) is 36.3 Å². The lowest BCUT2D eigenvalue weighted by atomic mass is 10.1. The first kappa shape index (κ1) is 17.5. The minimum atomic E-state index is 0.239. The summed E-state index contributed by atoms with van der Waals surface area (Å²) in [7, 11) is 0. The summed E-state index contributed by atoms with van der Waals surface area (Å²) >= 11 is 3.47. The highest BCUT2D eigenvalue weighted by Crippen LogP contribution is 2.33. The Morgan fingerprint density at radius 2 is 1.83 bits per heavy atom. The Morgan fingerprint density at radius 1 is 1.13 bits per heavy atom. The zero-order valence-electron chi connectivity index (χ0n) is 13.2. The van der Waals surface area contributed by atoms with Crippen LogP contribution in [0.3, 0.4) is 0 Å². The molecule has 118 valence electrons. The van der Waals surface area contributed by atoms with Crippen molar-refractivity contribution < 1.29 is 4.74 Å². The molecular formula is C19H19NOS2. The van der Waals surface area contributed by atoms with E-state index in [0.717, 1.165) is 16.5 Å². The lowest BCUT2D eigenvalue weighted by Gasteiger charge is -2.16. The highest BCUT2D eigenvalue weighted by molar-refractivity contribution is 8.15. The number of thioether (sulfide) groups is 2. The Morgan fingerprint density at radius 3 is 2.39 bits per heavy atom. The van der Waals surface area contributed by atoms with Crippen molar-refractivity contribution in [3.8, 4) is 18.1 Å². The molecule has 0 aromatic heterocycles. The summed E-state index contributed by atoms with van der Waals surface area (Å²) in [5, 5.41) is 1.32. The lowest BCUT2D eigenvalue weighted by Crippen LogP contribution is -2.04. The van der Waals surface area contributed by atoms with Gasteiger partial charge < -0.3 is 4.74 Å². The summed E-state index contributed by atoms with van der Waals surface area (Å²) in [6.07, 6.45) is 9.37. The maximum absolute atomic E-state index is 5.39. The third-order valence-electron chi connectivity index (χ3n) is 3.17. The fourth-order valence-corrected chi connectivity index (χ4v) is 3.90. The summed E-state index contributed by atoms with van der Waals surface area (Å²) in [5.74, 6) is 3.22. The predicted molar refractivity (Wildman–Crippen MR) is 104 cm³/mol. The summed E-state index contributed by atoms with van der Waals surface area (Å²) in [5.41, 5.74) is 2.18. The van der Waals surface area contributed by atoms with Crippen molar-refractivity contribution in [1.82, 2.24) is 0 Å². The van der Waals surface area contributed by atoms with Crippen LogP contribution in [0.2, 0.25) is 0 Å². The average Bonchev–Trinajstić information content (AvgIpc) is 2.61. The molecule has 0 fully saturated rings. The van der Waals surface area contributed by atoms with E-state index in [4.69, 9.17) is 16.2 Å². The molecule has 2 nitrogen and oxygen atoms in total. The number of hydrogen-bond acceptors (Lipinski definition) is 4. The van der Waals surface area contributed by atoms with Crippen molar-refractivity contribution in [2.75, 3.05) is 19.1 Å². The Hall–Kier alpha value is -1.83. The first-order valence-electron chi connectivity index (χ1n) is 7.15. The topological polar surface area (TPSA) is 21.6 Å². The van der Waals surface area contributed by atoms with E-state index >= 15 is 0 Å². The number of benzene rings is 2. The van der Waals surface area contributed by atoms with Crippen LogP contribution in [0, 0.1) is 12.3 Å². The van der Waals surface area contributed by atoms with Crippen LogP contribution in [0.4, 0.5) is 5.69 Å². The van der Waals surface area contributed by atoms with Gasteiger partial charge >= 0.3 is 0 Å². The highest BCUT2D eigenvalue weighted by atomic mass is 32.2. The number of hydrogen-bond donors (Lipinski definition) is 0. The van der Waals surface area contributed by atoms with Gasteiger partial charge in [-0.2, -0.15) is 11.8 Å². The Labute approximate surface area is 146 Å². The predicted octanol–water partition coefficient (Wildman–Crippen LogP) is 5.20. The van der Waals surface area contributed by atoms with Crippen molar-refractivity contribution in [2.24, 2.45) is 4.99 Å². The number of nitrogens with zero attached hydrogens (tertiary/aromatic N) is 1. The quantitative estimate of drug-likeness (QED) is 0.410. The van der Waals surface area contributed by atoms with E-state index in [1.54, 1.807) is 23.5 Å². The molecule has 1 unspecified atom stereocenters. The van der Waals surface area contributed by atoms with Crippen molar-refractivity contribution >= 4 is 34.3 Å². The van der Waals surface area contributed by atoms with Crippen LogP contribution in [0.15, 0.2) is 59.6 Å². The second-order valence-corrected chi connectivity index (χ2v) is 6.44. The molecule has 0 amide bonds. The molecule has 4 heteroatoms. The third kappa shape index (κ3) is 5.09. The van der Waals surface area contributed by atoms with E-state index in [0.29, 0.717) is 0 Å². The zero-order chi connectivity index (χ0) is 16.5. The Bertz CT molecular complexity index is 675. The molecule has 2 aromatic carbocycles. The monoisotopic (exact) mass is 341 g/mol. The van der Waals surface area contributed by atoms with Crippen LogP contribution < -0.4 is 4.74 Å². The van der Waals surface area contributed by atoms with E-state index in [1.165, 1.54) is 5.56 Å². The molecule has 1 atom stereocenters. The fourth-order valence-electron chi connectivity index (χ4n) is 2.09. The van der Waals surface area contributed by atoms with Crippen LogP contribution in [0.1, 0.15) is 10.8 Å². The molecule has 0 saturated carbocycles. The van der Waals surface area contributed by atoms with Crippen molar-refractivity contribution in [2.45, 2.75) is 5.25 Å². The molecular weight excluding hydrogens is 322 g/mol. The average molecular weight is 342 g/mol. The van der Waals surface area contributed by atoms with Crippen LogP contribution >= 0.6 is 23.5 Å². The van der Waals surface area contributed by atoms with Gasteiger partial charge in [0.15, 0.2) is 0 Å². The minimum absolute atomic E-state index is 0.239. The number of ether oxygens (including phenoxy) is 1. The van der Waals surface area contributed by atoms with Gasteiger partial charge in [0.1, 0.15) is 12.4 Å². The second-order valence-electron chi connectivity index (χ2n) is 4.67. The molecule has 0 aliphatic rings. The van der Waals surface area contributed by atoms with Crippen LogP contribution in [-0.2, 0) is 0 Å².